The molecule has 1 N–H and O–H groups in total. The largest absolute Gasteiger partial charge is 0.378 e. The summed E-state index contributed by atoms with van der Waals surface area (Å²) >= 11 is 9.47. The van der Waals surface area contributed by atoms with E-state index in [1.807, 2.05) is 49.3 Å². The van der Waals surface area contributed by atoms with Crippen LogP contribution in [-0.4, -0.2) is 19.1 Å². The summed E-state index contributed by atoms with van der Waals surface area (Å²) in [5, 5.41) is 4.10. The molecule has 5 heteroatoms. The lowest BCUT2D eigenvalue weighted by molar-refractivity contribution is 1.05. The van der Waals surface area contributed by atoms with Gasteiger partial charge in [0, 0.05) is 31.3 Å². The molecule has 1 aromatic heterocycles. The van der Waals surface area contributed by atoms with Crippen LogP contribution in [0.4, 0.5) is 11.5 Å². The Morgan fingerprint density at radius 2 is 2.11 bits per heavy atom. The molecule has 0 fully saturated rings. The molecule has 0 saturated heterocycles. The number of halogens is 2. The Kier molecular flexibility index (Phi) is 4.66. The third-order valence-corrected chi connectivity index (χ3v) is 3.91. The minimum absolute atomic E-state index is 0.708. The maximum absolute atomic E-state index is 6.08. The van der Waals surface area contributed by atoms with Crippen LogP contribution >= 0.6 is 27.5 Å². The minimum Gasteiger partial charge on any atom is -0.378 e. The predicted octanol–water partition coefficient (Wildman–Crippen LogP) is 4.18. The second-order valence-corrected chi connectivity index (χ2v) is 5.63. The summed E-state index contributed by atoms with van der Waals surface area (Å²) in [7, 11) is 3.95. The van der Waals surface area contributed by atoms with E-state index in [-0.39, 0.29) is 0 Å². The fraction of sp³-hybridized carbons (Fsp3) is 0.214. The van der Waals surface area contributed by atoms with Gasteiger partial charge in [-0.25, -0.2) is 4.98 Å². The van der Waals surface area contributed by atoms with Crippen molar-refractivity contribution in [1.29, 1.82) is 0 Å². The fourth-order valence-corrected chi connectivity index (χ4v) is 2.19. The van der Waals surface area contributed by atoms with E-state index in [0.29, 0.717) is 6.54 Å². The number of pyridine rings is 1. The zero-order valence-electron chi connectivity index (χ0n) is 10.8. The smallest absolute Gasteiger partial charge is 0.151 e. The molecule has 2 aromatic rings. The monoisotopic (exact) mass is 339 g/mol. The van der Waals surface area contributed by atoms with Crippen molar-refractivity contribution in [2.24, 2.45) is 0 Å². The molecule has 1 aromatic carbocycles. The summed E-state index contributed by atoms with van der Waals surface area (Å²) in [4.78, 5) is 6.34. The van der Waals surface area contributed by atoms with Crippen molar-refractivity contribution in [2.45, 2.75) is 6.54 Å². The Morgan fingerprint density at radius 1 is 1.32 bits per heavy atom. The fourth-order valence-electron chi connectivity index (χ4n) is 1.74. The van der Waals surface area contributed by atoms with Gasteiger partial charge in [0.05, 0.1) is 10.7 Å². The maximum Gasteiger partial charge on any atom is 0.151 e. The first kappa shape index (κ1) is 14.2. The molecule has 100 valence electrons. The molecule has 0 amide bonds. The van der Waals surface area contributed by atoms with Crippen molar-refractivity contribution in [3.8, 4) is 0 Å². The van der Waals surface area contributed by atoms with Gasteiger partial charge in [0.1, 0.15) is 0 Å². The molecule has 0 unspecified atom stereocenters. The first-order valence-electron chi connectivity index (χ1n) is 5.88. The first-order chi connectivity index (χ1) is 9.08. The summed E-state index contributed by atoms with van der Waals surface area (Å²) in [6, 6.07) is 9.88. The molecule has 0 bridgehead atoms. The Hall–Kier alpha value is -1.26. The lowest BCUT2D eigenvalue weighted by Gasteiger charge is -2.17. The summed E-state index contributed by atoms with van der Waals surface area (Å²) in [6.45, 7) is 0.708. The third kappa shape index (κ3) is 3.61. The average molecular weight is 341 g/mol. The number of aromatic nitrogens is 1. The van der Waals surface area contributed by atoms with E-state index in [0.717, 1.165) is 26.6 Å². The Labute approximate surface area is 126 Å². The van der Waals surface area contributed by atoms with Gasteiger partial charge in [-0.1, -0.05) is 17.7 Å². The van der Waals surface area contributed by atoms with Crippen molar-refractivity contribution in [3.05, 3.63) is 51.6 Å². The van der Waals surface area contributed by atoms with Gasteiger partial charge in [-0.2, -0.15) is 0 Å². The van der Waals surface area contributed by atoms with Gasteiger partial charge in [-0.3, -0.25) is 0 Å². The third-order valence-electron chi connectivity index (χ3n) is 2.68. The molecule has 19 heavy (non-hydrogen) atoms. The van der Waals surface area contributed by atoms with Crippen LogP contribution in [0.2, 0.25) is 5.02 Å². The number of nitrogens with one attached hydrogen (secondary N) is 1. The number of nitrogens with zero attached hydrogens (tertiary/aromatic N) is 2. The van der Waals surface area contributed by atoms with Crippen LogP contribution in [0, 0.1) is 0 Å². The Balaban J connectivity index is 2.12. The molecule has 0 atom stereocenters. The topological polar surface area (TPSA) is 28.2 Å². The van der Waals surface area contributed by atoms with E-state index < -0.39 is 0 Å². The van der Waals surface area contributed by atoms with Gasteiger partial charge in [0.25, 0.3) is 0 Å². The molecule has 0 radical (unpaired) electrons. The second-order valence-electron chi connectivity index (χ2n) is 4.37. The molecule has 3 nitrogen and oxygen atoms in total. The van der Waals surface area contributed by atoms with Gasteiger partial charge in [-0.05, 0) is 45.8 Å². The van der Waals surface area contributed by atoms with E-state index in [4.69, 9.17) is 11.6 Å². The summed E-state index contributed by atoms with van der Waals surface area (Å²) in [5.41, 5.74) is 2.13. The normalized spacial score (nSPS) is 10.3. The summed E-state index contributed by atoms with van der Waals surface area (Å²) < 4.78 is 0.910. The average Bonchev–Trinajstić information content (AvgIpc) is 2.40. The van der Waals surface area contributed by atoms with Gasteiger partial charge in [0.15, 0.2) is 5.82 Å². The molecule has 0 aliphatic rings. The number of hydrogen-bond acceptors (Lipinski definition) is 3. The number of rotatable bonds is 4. The van der Waals surface area contributed by atoms with Crippen LogP contribution in [0.3, 0.4) is 0 Å². The highest BCUT2D eigenvalue weighted by molar-refractivity contribution is 9.10. The minimum atomic E-state index is 0.708. The van der Waals surface area contributed by atoms with Gasteiger partial charge < -0.3 is 10.2 Å². The van der Waals surface area contributed by atoms with Gasteiger partial charge in [0.2, 0.25) is 0 Å². The second kappa shape index (κ2) is 6.26. The molecule has 0 saturated carbocycles. The van der Waals surface area contributed by atoms with Crippen molar-refractivity contribution < 1.29 is 0 Å². The zero-order chi connectivity index (χ0) is 13.8. The lowest BCUT2D eigenvalue weighted by Crippen LogP contribution is -2.13. The standard InChI is InChI=1S/C14H15BrClN3/c1-19(2)14-13(4-3-7-17-14)18-9-10-5-6-11(15)12(16)8-10/h3-8,18H,9H2,1-2H3. The summed E-state index contributed by atoms with van der Waals surface area (Å²) in [5.74, 6) is 0.922. The van der Waals surface area contributed by atoms with Crippen molar-refractivity contribution in [3.63, 3.8) is 0 Å². The predicted molar refractivity (Wildman–Crippen MR) is 85.0 cm³/mol. The molecule has 2 rings (SSSR count). The van der Waals surface area contributed by atoms with E-state index in [1.165, 1.54) is 0 Å². The SMILES string of the molecule is CN(C)c1ncccc1NCc1ccc(Br)c(Cl)c1. The van der Waals surface area contributed by atoms with Crippen molar-refractivity contribution in [1.82, 2.24) is 4.98 Å². The Bertz CT molecular complexity index is 572. The van der Waals surface area contributed by atoms with E-state index in [9.17, 15) is 0 Å². The van der Waals surface area contributed by atoms with Gasteiger partial charge in [-0.15, -0.1) is 0 Å². The van der Waals surface area contributed by atoms with Crippen LogP contribution in [0.5, 0.6) is 0 Å². The van der Waals surface area contributed by atoms with Crippen molar-refractivity contribution in [2.75, 3.05) is 24.3 Å². The molecule has 0 aliphatic carbocycles. The van der Waals surface area contributed by atoms with Crippen LogP contribution < -0.4 is 10.2 Å². The van der Waals surface area contributed by atoms with E-state index in [2.05, 4.69) is 26.2 Å². The van der Waals surface area contributed by atoms with Crippen LogP contribution in [0.1, 0.15) is 5.56 Å². The highest BCUT2D eigenvalue weighted by atomic mass is 79.9. The zero-order valence-corrected chi connectivity index (χ0v) is 13.2. The number of hydrogen-bond donors (Lipinski definition) is 1. The number of benzene rings is 1. The molecule has 0 spiro atoms. The van der Waals surface area contributed by atoms with Crippen LogP contribution in [-0.2, 0) is 6.54 Å². The quantitative estimate of drug-likeness (QED) is 0.905. The molecular formula is C14H15BrClN3. The molecule has 1 heterocycles. The molecular weight excluding hydrogens is 326 g/mol. The van der Waals surface area contributed by atoms with E-state index >= 15 is 0 Å². The Morgan fingerprint density at radius 3 is 2.79 bits per heavy atom. The first-order valence-corrected chi connectivity index (χ1v) is 7.05. The van der Waals surface area contributed by atoms with E-state index in [1.54, 1.807) is 6.20 Å². The van der Waals surface area contributed by atoms with Crippen molar-refractivity contribution >= 4 is 39.0 Å². The van der Waals surface area contributed by atoms with Crippen LogP contribution in [0.25, 0.3) is 0 Å². The summed E-state index contributed by atoms with van der Waals surface area (Å²) in [6.07, 6.45) is 1.79. The lowest BCUT2D eigenvalue weighted by atomic mass is 10.2. The molecule has 0 aliphatic heterocycles. The van der Waals surface area contributed by atoms with Crippen LogP contribution in [0.15, 0.2) is 41.0 Å². The number of anilines is 2. The highest BCUT2D eigenvalue weighted by Crippen LogP contribution is 2.25. The maximum atomic E-state index is 6.08. The highest BCUT2D eigenvalue weighted by Gasteiger charge is 2.05. The van der Waals surface area contributed by atoms with Gasteiger partial charge >= 0.3 is 0 Å².